The summed E-state index contributed by atoms with van der Waals surface area (Å²) in [4.78, 5) is 11.6. The molecule has 0 bridgehead atoms. The second-order valence-electron chi connectivity index (χ2n) is 13.9. The molecular formula is C41H80O2. The molecule has 2 heteroatoms. The third-order valence-electron chi connectivity index (χ3n) is 9.52. The Labute approximate surface area is 272 Å². The van der Waals surface area contributed by atoms with E-state index in [4.69, 9.17) is 0 Å². The Balaban J connectivity index is 3.43. The summed E-state index contributed by atoms with van der Waals surface area (Å²) >= 11 is 0. The number of carboxylic acid groups (broad SMARTS) is 1. The fourth-order valence-electron chi connectivity index (χ4n) is 6.48. The Morgan fingerprint density at radius 2 is 0.605 bits per heavy atom. The van der Waals surface area contributed by atoms with E-state index in [1.54, 1.807) is 0 Å². The topological polar surface area (TPSA) is 37.3 Å². The Morgan fingerprint density at radius 1 is 0.372 bits per heavy atom. The van der Waals surface area contributed by atoms with Crippen molar-refractivity contribution >= 4 is 5.97 Å². The average molecular weight is 605 g/mol. The van der Waals surface area contributed by atoms with Gasteiger partial charge in [0.25, 0.3) is 0 Å². The summed E-state index contributed by atoms with van der Waals surface area (Å²) in [5.74, 6) is -0.691. The zero-order valence-corrected chi connectivity index (χ0v) is 29.9. The lowest BCUT2D eigenvalue weighted by atomic mass is 10.0. The molecule has 0 aromatic rings. The summed E-state index contributed by atoms with van der Waals surface area (Å²) in [6.07, 6.45) is 50.6. The third-order valence-corrected chi connectivity index (χ3v) is 9.52. The highest BCUT2D eigenvalue weighted by atomic mass is 16.4. The van der Waals surface area contributed by atoms with E-state index in [2.05, 4.69) is 13.8 Å². The highest BCUT2D eigenvalue weighted by Crippen LogP contribution is 2.18. The summed E-state index contributed by atoms with van der Waals surface area (Å²) in [5, 5.41) is 9.58. The van der Waals surface area contributed by atoms with Crippen molar-refractivity contribution in [2.24, 2.45) is 0 Å². The number of aliphatic carboxylic acids is 1. The van der Waals surface area contributed by atoms with E-state index in [-0.39, 0.29) is 0 Å². The lowest BCUT2D eigenvalue weighted by molar-refractivity contribution is -0.132. The minimum absolute atomic E-state index is 0.664. The number of allylic oxidation sites excluding steroid dienone is 1. The lowest BCUT2D eigenvalue weighted by Crippen LogP contribution is -2.00. The second kappa shape index (κ2) is 37.4. The van der Waals surface area contributed by atoms with Crippen LogP contribution in [0.25, 0.3) is 0 Å². The highest BCUT2D eigenvalue weighted by Gasteiger charge is 2.06. The maximum absolute atomic E-state index is 11.6. The smallest absolute Gasteiger partial charge is 0.331 e. The molecule has 0 aliphatic carbocycles. The molecule has 43 heavy (non-hydrogen) atoms. The minimum atomic E-state index is -0.691. The molecule has 0 saturated heterocycles. The van der Waals surface area contributed by atoms with E-state index in [1.165, 1.54) is 205 Å². The largest absolute Gasteiger partial charge is 0.478 e. The molecule has 0 heterocycles. The molecule has 0 aliphatic heterocycles. The van der Waals surface area contributed by atoms with Crippen LogP contribution in [-0.2, 0) is 4.79 Å². The number of carboxylic acids is 1. The van der Waals surface area contributed by atoms with Crippen molar-refractivity contribution in [3.63, 3.8) is 0 Å². The SMILES string of the molecule is CCCCCCCCCCCCCCCCCCCC/C=C(/CCCCCCCCCCCCCCCCCC)C(=O)O. The van der Waals surface area contributed by atoms with Crippen LogP contribution in [0.1, 0.15) is 245 Å². The second-order valence-corrected chi connectivity index (χ2v) is 13.9. The van der Waals surface area contributed by atoms with Gasteiger partial charge in [-0.2, -0.15) is 0 Å². The number of rotatable bonds is 37. The highest BCUT2D eigenvalue weighted by molar-refractivity contribution is 5.86. The third kappa shape index (κ3) is 35.6. The van der Waals surface area contributed by atoms with Crippen molar-refractivity contribution in [1.82, 2.24) is 0 Å². The summed E-state index contributed by atoms with van der Waals surface area (Å²) in [5.41, 5.74) is 0.664. The molecule has 0 aromatic heterocycles. The summed E-state index contributed by atoms with van der Waals surface area (Å²) in [6.45, 7) is 4.58. The number of hydrogen-bond acceptors (Lipinski definition) is 1. The quantitative estimate of drug-likeness (QED) is 0.0565. The summed E-state index contributed by atoms with van der Waals surface area (Å²) in [6, 6.07) is 0. The van der Waals surface area contributed by atoms with Crippen molar-refractivity contribution in [3.05, 3.63) is 11.6 Å². The van der Waals surface area contributed by atoms with Crippen LogP contribution in [0, 0.1) is 0 Å². The van der Waals surface area contributed by atoms with Gasteiger partial charge in [0.05, 0.1) is 0 Å². The van der Waals surface area contributed by atoms with E-state index >= 15 is 0 Å². The van der Waals surface area contributed by atoms with Crippen LogP contribution in [0.4, 0.5) is 0 Å². The van der Waals surface area contributed by atoms with Gasteiger partial charge in [-0.15, -0.1) is 0 Å². The first kappa shape index (κ1) is 42.2. The molecule has 0 aromatic carbocycles. The molecule has 0 amide bonds. The predicted octanol–water partition coefficient (Wildman–Crippen LogP) is 15.1. The van der Waals surface area contributed by atoms with Crippen molar-refractivity contribution in [3.8, 4) is 0 Å². The fraction of sp³-hybridized carbons (Fsp3) is 0.927. The van der Waals surface area contributed by atoms with E-state index in [0.717, 1.165) is 25.7 Å². The van der Waals surface area contributed by atoms with Crippen molar-refractivity contribution < 1.29 is 9.90 Å². The number of carbonyl (C=O) groups is 1. The van der Waals surface area contributed by atoms with Crippen molar-refractivity contribution in [1.29, 1.82) is 0 Å². The van der Waals surface area contributed by atoms with E-state index < -0.39 is 5.97 Å². The molecule has 1 N–H and O–H groups in total. The summed E-state index contributed by atoms with van der Waals surface area (Å²) < 4.78 is 0. The van der Waals surface area contributed by atoms with Gasteiger partial charge in [0.1, 0.15) is 0 Å². The zero-order valence-electron chi connectivity index (χ0n) is 29.9. The average Bonchev–Trinajstić information content (AvgIpc) is 3.00. The van der Waals surface area contributed by atoms with Gasteiger partial charge in [0.15, 0.2) is 0 Å². The normalized spacial score (nSPS) is 11.9. The Kier molecular flexibility index (Phi) is 36.7. The first-order valence-corrected chi connectivity index (χ1v) is 20.1. The lowest BCUT2D eigenvalue weighted by Gasteiger charge is -2.05. The van der Waals surface area contributed by atoms with Crippen LogP contribution >= 0.6 is 0 Å². The molecule has 0 saturated carbocycles. The van der Waals surface area contributed by atoms with Gasteiger partial charge in [-0.05, 0) is 25.7 Å². The van der Waals surface area contributed by atoms with Gasteiger partial charge in [-0.25, -0.2) is 4.79 Å². The molecule has 0 fully saturated rings. The maximum atomic E-state index is 11.6. The first-order chi connectivity index (χ1) is 21.2. The van der Waals surface area contributed by atoms with Gasteiger partial charge >= 0.3 is 5.97 Å². The van der Waals surface area contributed by atoms with Crippen LogP contribution < -0.4 is 0 Å². The molecule has 256 valence electrons. The monoisotopic (exact) mass is 605 g/mol. The maximum Gasteiger partial charge on any atom is 0.331 e. The van der Waals surface area contributed by atoms with E-state index in [9.17, 15) is 9.90 Å². The summed E-state index contributed by atoms with van der Waals surface area (Å²) in [7, 11) is 0. The van der Waals surface area contributed by atoms with Gasteiger partial charge in [-0.3, -0.25) is 0 Å². The standard InChI is InChI=1S/C41H80O2/c1-3-5-7-9-11-13-15-17-19-21-22-23-25-27-29-31-33-35-37-39-40(41(42)43)38-36-34-32-30-28-26-24-20-18-16-14-12-10-8-6-4-2/h39H,3-38H2,1-2H3,(H,42,43)/b40-39-. The van der Waals surface area contributed by atoms with Crippen LogP contribution in [0.15, 0.2) is 11.6 Å². The molecular weight excluding hydrogens is 524 g/mol. The zero-order chi connectivity index (χ0) is 31.3. The van der Waals surface area contributed by atoms with Crippen molar-refractivity contribution in [2.45, 2.75) is 245 Å². The Bertz CT molecular complexity index is 566. The molecule has 0 atom stereocenters. The molecule has 0 unspecified atom stereocenters. The Morgan fingerprint density at radius 3 is 0.860 bits per heavy atom. The molecule has 0 rings (SSSR count). The minimum Gasteiger partial charge on any atom is -0.478 e. The van der Waals surface area contributed by atoms with Gasteiger partial charge in [-0.1, -0.05) is 225 Å². The van der Waals surface area contributed by atoms with Gasteiger partial charge in [0, 0.05) is 5.57 Å². The van der Waals surface area contributed by atoms with Gasteiger partial charge < -0.3 is 5.11 Å². The van der Waals surface area contributed by atoms with Crippen molar-refractivity contribution in [2.75, 3.05) is 0 Å². The van der Waals surface area contributed by atoms with Crippen LogP contribution in [0.5, 0.6) is 0 Å². The van der Waals surface area contributed by atoms with Gasteiger partial charge in [0.2, 0.25) is 0 Å². The fourth-order valence-corrected chi connectivity index (χ4v) is 6.48. The molecule has 0 radical (unpaired) electrons. The van der Waals surface area contributed by atoms with Crippen LogP contribution in [0.3, 0.4) is 0 Å². The van der Waals surface area contributed by atoms with Crippen LogP contribution in [0.2, 0.25) is 0 Å². The molecule has 0 spiro atoms. The number of unbranched alkanes of at least 4 members (excludes halogenated alkanes) is 33. The van der Waals surface area contributed by atoms with Crippen LogP contribution in [-0.4, -0.2) is 11.1 Å². The first-order valence-electron chi connectivity index (χ1n) is 20.1. The van der Waals surface area contributed by atoms with E-state index in [0.29, 0.717) is 5.57 Å². The number of hydrogen-bond donors (Lipinski definition) is 1. The Hall–Kier alpha value is -0.790. The molecule has 0 aliphatic rings. The molecule has 2 nitrogen and oxygen atoms in total. The van der Waals surface area contributed by atoms with E-state index in [1.807, 2.05) is 6.08 Å². The predicted molar refractivity (Wildman–Crippen MR) is 193 cm³/mol.